The summed E-state index contributed by atoms with van der Waals surface area (Å²) in [5.41, 5.74) is 3.29. The number of amides is 2. The lowest BCUT2D eigenvalue weighted by Gasteiger charge is -2.17. The number of fused-ring (bicyclic) bond motifs is 5. The molecule has 0 saturated carbocycles. The number of thioether (sulfide) groups is 1. The molecule has 3 heterocycles. The van der Waals surface area contributed by atoms with Gasteiger partial charge in [-0.15, -0.1) is 11.3 Å². The molecule has 2 aromatic carbocycles. The van der Waals surface area contributed by atoms with E-state index in [1.54, 1.807) is 0 Å². The number of rotatable bonds is 15. The Morgan fingerprint density at radius 3 is 2.61 bits per heavy atom. The van der Waals surface area contributed by atoms with Crippen LogP contribution in [0.4, 0.5) is 5.69 Å². The molecule has 7 nitrogen and oxygen atoms in total. The van der Waals surface area contributed by atoms with Gasteiger partial charge in [-0.3, -0.25) is 9.59 Å². The molecule has 9 heteroatoms. The van der Waals surface area contributed by atoms with E-state index >= 15 is 0 Å². The molecule has 2 saturated heterocycles. The summed E-state index contributed by atoms with van der Waals surface area (Å²) in [6, 6.07) is 17.9. The first-order valence-corrected chi connectivity index (χ1v) is 19.2. The summed E-state index contributed by atoms with van der Waals surface area (Å²) in [5.74, 6) is 2.00. The fourth-order valence-corrected chi connectivity index (χ4v) is 9.76. The van der Waals surface area contributed by atoms with Gasteiger partial charge in [0.05, 0.1) is 20.8 Å². The molecule has 3 atom stereocenters. The van der Waals surface area contributed by atoms with Crippen LogP contribution in [-0.2, 0) is 9.59 Å². The fraction of sp³-hybridized carbons (Fsp3) is 0.514. The van der Waals surface area contributed by atoms with Gasteiger partial charge < -0.3 is 16.0 Å². The minimum atomic E-state index is 0.170. The Labute approximate surface area is 281 Å². The zero-order chi connectivity index (χ0) is 31.9. The van der Waals surface area contributed by atoms with E-state index in [1.807, 2.05) is 23.1 Å². The fourth-order valence-electron chi connectivity index (χ4n) is 7.05. The topological polar surface area (TPSA) is 86.1 Å². The van der Waals surface area contributed by atoms with Crippen molar-refractivity contribution in [1.82, 2.24) is 20.2 Å². The van der Waals surface area contributed by atoms with Gasteiger partial charge in [-0.2, -0.15) is 11.8 Å². The van der Waals surface area contributed by atoms with E-state index in [4.69, 9.17) is 4.98 Å². The van der Waals surface area contributed by atoms with E-state index in [2.05, 4.69) is 82.9 Å². The van der Waals surface area contributed by atoms with Crippen molar-refractivity contribution in [2.75, 3.05) is 37.2 Å². The minimum absolute atomic E-state index is 0.170. The Bertz CT molecular complexity index is 1710. The molecule has 0 bridgehead atoms. The molecule has 244 valence electrons. The van der Waals surface area contributed by atoms with Crippen molar-refractivity contribution in [3.8, 4) is 10.6 Å². The van der Waals surface area contributed by atoms with E-state index in [0.29, 0.717) is 30.1 Å². The highest BCUT2D eigenvalue weighted by atomic mass is 32.2. The van der Waals surface area contributed by atoms with Gasteiger partial charge in [0, 0.05) is 65.8 Å². The predicted molar refractivity (Wildman–Crippen MR) is 195 cm³/mol. The Morgan fingerprint density at radius 2 is 1.78 bits per heavy atom. The highest BCUT2D eigenvalue weighted by Crippen LogP contribution is 2.40. The third kappa shape index (κ3) is 7.68. The number of anilines is 1. The van der Waals surface area contributed by atoms with Crippen molar-refractivity contribution in [2.24, 2.45) is 5.92 Å². The quantitative estimate of drug-likeness (QED) is 0.0578. The van der Waals surface area contributed by atoms with Gasteiger partial charge >= 0.3 is 0 Å². The summed E-state index contributed by atoms with van der Waals surface area (Å²) < 4.78 is 3.58. The number of benzene rings is 3. The van der Waals surface area contributed by atoms with Gasteiger partial charge in [-0.25, -0.2) is 9.56 Å². The second-order valence-corrected chi connectivity index (χ2v) is 15.1. The Balaban J connectivity index is 0.936. The lowest BCUT2D eigenvalue weighted by atomic mass is 9.97. The molecular weight excluding hydrogens is 611 g/mol. The summed E-state index contributed by atoms with van der Waals surface area (Å²) in [6.45, 7) is 8.06. The van der Waals surface area contributed by atoms with Crippen LogP contribution < -0.4 is 25.9 Å². The number of unbranched alkanes of at least 4 members (excludes halogenated alkanes) is 4. The molecule has 0 radical (unpaired) electrons. The number of nitrogens with zero attached hydrogens (tertiary/aromatic N) is 2. The van der Waals surface area contributed by atoms with E-state index in [1.165, 1.54) is 31.4 Å². The highest BCUT2D eigenvalue weighted by Gasteiger charge is 2.42. The smallest absolute Gasteiger partial charge is 0.220 e. The predicted octanol–water partition coefficient (Wildman–Crippen LogP) is 6.64. The number of aromatic nitrogens is 1. The van der Waals surface area contributed by atoms with Crippen molar-refractivity contribution < 1.29 is 9.59 Å². The van der Waals surface area contributed by atoms with Crippen molar-refractivity contribution >= 4 is 61.6 Å². The number of carbonyl (C=O) groups is 2. The third-order valence-corrected chi connectivity index (χ3v) is 12.3. The van der Waals surface area contributed by atoms with E-state index < -0.39 is 0 Å². The molecule has 2 amide bonds. The maximum Gasteiger partial charge on any atom is 0.220 e. The van der Waals surface area contributed by atoms with Crippen LogP contribution in [0.3, 0.4) is 0 Å². The summed E-state index contributed by atoms with van der Waals surface area (Å²) in [5, 5.41) is 14.2. The molecule has 2 aromatic rings. The van der Waals surface area contributed by atoms with Crippen LogP contribution in [0.15, 0.2) is 48.5 Å². The maximum atomic E-state index is 12.3. The van der Waals surface area contributed by atoms with Crippen LogP contribution in [0.2, 0.25) is 0 Å². The molecule has 1 aliphatic carbocycles. The molecule has 3 aliphatic heterocycles. The van der Waals surface area contributed by atoms with Gasteiger partial charge in [-0.1, -0.05) is 43.5 Å². The van der Waals surface area contributed by atoms with Gasteiger partial charge in [0.15, 0.2) is 0 Å². The summed E-state index contributed by atoms with van der Waals surface area (Å²) >= 11 is 3.82. The lowest BCUT2D eigenvalue weighted by Crippen LogP contribution is -2.34. The van der Waals surface area contributed by atoms with Crippen LogP contribution in [0.1, 0.15) is 71.6 Å². The first kappa shape index (κ1) is 32.8. The summed E-state index contributed by atoms with van der Waals surface area (Å²) in [7, 11) is 0. The molecule has 6 rings (SSSR count). The molecule has 0 aromatic heterocycles. The SMILES string of the molecule is CC[N+](CC)=c1ccc2nc3c(cc(NCCCCCCNC(=O)CCCCC4SC[C@@H]5CC(=O)N[C@H]45)c4ccccc43)sc-2c1. The van der Waals surface area contributed by atoms with Gasteiger partial charge in [-0.05, 0) is 63.3 Å². The molecule has 46 heavy (non-hydrogen) atoms. The average molecular weight is 659 g/mol. The van der Waals surface area contributed by atoms with E-state index in [-0.39, 0.29) is 11.8 Å². The molecule has 4 aliphatic rings. The number of hydrogen-bond acceptors (Lipinski definition) is 6. The van der Waals surface area contributed by atoms with Gasteiger partial charge in [0.2, 0.25) is 17.2 Å². The second kappa shape index (κ2) is 15.6. The Hall–Kier alpha value is -3.17. The zero-order valence-corrected chi connectivity index (χ0v) is 28.9. The Kier molecular flexibility index (Phi) is 11.1. The average Bonchev–Trinajstić information content (AvgIpc) is 3.63. The number of nitrogens with one attached hydrogen (secondary N) is 3. The Morgan fingerprint density at radius 1 is 0.978 bits per heavy atom. The molecule has 2 fully saturated rings. The van der Waals surface area contributed by atoms with Crippen LogP contribution in [-0.4, -0.2) is 60.0 Å². The van der Waals surface area contributed by atoms with Crippen LogP contribution in [0.5, 0.6) is 0 Å². The molecule has 0 spiro atoms. The standard InChI is InChI=1S/C37H47N5O2S2/c1-3-42(4-2)26-17-18-29-32(22-26)46-33-23-30(27-13-7-8-14-28(27)37(33)40-29)38-19-11-5-6-12-20-39-34(43)16-10-9-15-31-36-25(24-45-31)21-35(44)41-36/h7-8,13-14,17-18,22-23,25,31,36H,3-6,9-12,15-16,19-21,24H2,1-2H3,(H2,39,41,43,44)/p+1/t25-,31?,36-/m0/s1. The number of hydrogen-bond donors (Lipinski definition) is 3. The largest absolute Gasteiger partial charge is 0.385 e. The summed E-state index contributed by atoms with van der Waals surface area (Å²) in [6.07, 6.45) is 8.72. The normalized spacial score (nSPS) is 19.1. The second-order valence-electron chi connectivity index (χ2n) is 12.7. The maximum absolute atomic E-state index is 12.3. The highest BCUT2D eigenvalue weighted by molar-refractivity contribution is 8.00. The van der Waals surface area contributed by atoms with E-state index in [0.717, 1.165) is 88.1 Å². The van der Waals surface area contributed by atoms with Crippen LogP contribution >= 0.6 is 23.1 Å². The molecule has 3 N–H and O–H groups in total. The zero-order valence-electron chi connectivity index (χ0n) is 27.3. The number of carbonyl (C=O) groups excluding carboxylic acids is 2. The van der Waals surface area contributed by atoms with E-state index in [9.17, 15) is 9.59 Å². The minimum Gasteiger partial charge on any atom is -0.385 e. The van der Waals surface area contributed by atoms with Crippen molar-refractivity contribution in [3.63, 3.8) is 0 Å². The van der Waals surface area contributed by atoms with Gasteiger partial charge in [0.1, 0.15) is 13.1 Å². The first-order chi connectivity index (χ1) is 22.5. The van der Waals surface area contributed by atoms with Crippen LogP contribution in [0.25, 0.3) is 31.6 Å². The lowest BCUT2D eigenvalue weighted by molar-refractivity contribution is -0.121. The van der Waals surface area contributed by atoms with Crippen molar-refractivity contribution in [1.29, 1.82) is 0 Å². The molecular formula is C37H48N5O2S2+. The first-order valence-electron chi connectivity index (χ1n) is 17.3. The van der Waals surface area contributed by atoms with Crippen molar-refractivity contribution in [3.05, 3.63) is 53.9 Å². The van der Waals surface area contributed by atoms with Gasteiger partial charge in [0.25, 0.3) is 0 Å². The van der Waals surface area contributed by atoms with Crippen LogP contribution in [0, 0.1) is 5.92 Å². The molecule has 1 unspecified atom stereocenters. The van der Waals surface area contributed by atoms with Crippen molar-refractivity contribution in [2.45, 2.75) is 82.9 Å². The third-order valence-electron chi connectivity index (χ3n) is 9.60. The summed E-state index contributed by atoms with van der Waals surface area (Å²) in [4.78, 5) is 30.3. The monoisotopic (exact) mass is 658 g/mol.